The number of rotatable bonds is 9. The van der Waals surface area contributed by atoms with E-state index in [2.05, 4.69) is 15.3 Å². The number of carbonyl (C=O) groups is 2. The van der Waals surface area contributed by atoms with Crippen LogP contribution in [0.5, 0.6) is 0 Å². The normalized spacial score (nSPS) is 12.9. The van der Waals surface area contributed by atoms with Gasteiger partial charge in [0.1, 0.15) is 23.2 Å². The van der Waals surface area contributed by atoms with Crippen molar-refractivity contribution in [2.24, 2.45) is 0 Å². The first-order valence-electron chi connectivity index (χ1n) is 11.1. The second-order valence-corrected chi connectivity index (χ2v) is 8.12. The summed E-state index contributed by atoms with van der Waals surface area (Å²) in [6.45, 7) is 1.97. The molecule has 8 heteroatoms. The Hall–Kier alpha value is -4.07. The number of carboxylic acids is 1. The highest BCUT2D eigenvalue weighted by Gasteiger charge is 2.22. The van der Waals surface area contributed by atoms with Crippen molar-refractivity contribution in [2.45, 2.75) is 38.3 Å². The van der Waals surface area contributed by atoms with Crippen LogP contribution in [0.4, 0.5) is 4.39 Å². The third-order valence-electron chi connectivity index (χ3n) is 5.75. The minimum absolute atomic E-state index is 0.0675. The Balaban J connectivity index is 1.51. The minimum atomic E-state index is -1.08. The third kappa shape index (κ3) is 5.28. The smallest absolute Gasteiger partial charge is 0.326 e. The van der Waals surface area contributed by atoms with Crippen molar-refractivity contribution < 1.29 is 19.1 Å². The molecule has 0 bridgehead atoms. The standard InChI is InChI=1S/C26H25FN4O3/c1-17(19-9-11-20(27)12-10-19)31-23(29-21-8-5-15-28-25(21)31)13-14-24(32)30-22(26(33)34)16-18-6-3-2-4-7-18/h2-12,15,17,22H,13-14,16H2,1H3,(H,30,32)(H,33,34)/t17-,22+/m0/s1. The van der Waals surface area contributed by atoms with Gasteiger partial charge in [0.15, 0.2) is 5.65 Å². The number of pyridine rings is 1. The van der Waals surface area contributed by atoms with Gasteiger partial charge in [0.2, 0.25) is 5.91 Å². The fourth-order valence-electron chi connectivity index (χ4n) is 3.99. The van der Waals surface area contributed by atoms with Gasteiger partial charge in [-0.15, -0.1) is 0 Å². The maximum Gasteiger partial charge on any atom is 0.326 e. The summed E-state index contributed by atoms with van der Waals surface area (Å²) in [6, 6.07) is 17.8. The number of carboxylic acid groups (broad SMARTS) is 1. The Morgan fingerprint density at radius 2 is 1.79 bits per heavy atom. The fraction of sp³-hybridized carbons (Fsp3) is 0.231. The number of aryl methyl sites for hydroxylation is 1. The lowest BCUT2D eigenvalue weighted by atomic mass is 10.1. The molecule has 0 fully saturated rings. The zero-order valence-electron chi connectivity index (χ0n) is 18.7. The topological polar surface area (TPSA) is 97.1 Å². The maximum absolute atomic E-state index is 13.4. The molecule has 174 valence electrons. The Labute approximate surface area is 196 Å². The van der Waals surface area contributed by atoms with Gasteiger partial charge in [-0.25, -0.2) is 19.2 Å². The van der Waals surface area contributed by atoms with Crippen molar-refractivity contribution in [1.29, 1.82) is 0 Å². The first-order valence-corrected chi connectivity index (χ1v) is 11.1. The highest BCUT2D eigenvalue weighted by Crippen LogP contribution is 2.25. The van der Waals surface area contributed by atoms with Crippen LogP contribution in [0.3, 0.4) is 0 Å². The average molecular weight is 461 g/mol. The van der Waals surface area contributed by atoms with Crippen molar-refractivity contribution in [3.63, 3.8) is 0 Å². The third-order valence-corrected chi connectivity index (χ3v) is 5.75. The Morgan fingerprint density at radius 3 is 2.50 bits per heavy atom. The summed E-state index contributed by atoms with van der Waals surface area (Å²) >= 11 is 0. The Morgan fingerprint density at radius 1 is 1.06 bits per heavy atom. The number of nitrogens with zero attached hydrogens (tertiary/aromatic N) is 3. The summed E-state index contributed by atoms with van der Waals surface area (Å²) in [5.74, 6) is -1.12. The van der Waals surface area contributed by atoms with E-state index in [1.807, 2.05) is 47.9 Å². The second kappa shape index (κ2) is 10.2. The SMILES string of the molecule is C[C@@H](c1ccc(F)cc1)n1c(CCC(=O)N[C@H](Cc2ccccc2)C(=O)O)nc2cccnc21. The molecule has 0 radical (unpaired) electrons. The predicted octanol–water partition coefficient (Wildman–Crippen LogP) is 3.92. The number of halogens is 1. The molecule has 0 aliphatic heterocycles. The molecule has 2 aromatic heterocycles. The molecule has 0 aliphatic carbocycles. The van der Waals surface area contributed by atoms with Gasteiger partial charge in [-0.1, -0.05) is 42.5 Å². The van der Waals surface area contributed by atoms with Crippen molar-refractivity contribution >= 4 is 23.0 Å². The Bertz CT molecular complexity index is 1290. The number of hydrogen-bond donors (Lipinski definition) is 2. The molecule has 34 heavy (non-hydrogen) atoms. The molecule has 1 amide bonds. The highest BCUT2D eigenvalue weighted by molar-refractivity contribution is 5.84. The van der Waals surface area contributed by atoms with E-state index in [0.29, 0.717) is 23.4 Å². The number of nitrogens with one attached hydrogen (secondary N) is 1. The fourth-order valence-corrected chi connectivity index (χ4v) is 3.99. The van der Waals surface area contributed by atoms with Gasteiger partial charge in [0.25, 0.3) is 0 Å². The van der Waals surface area contributed by atoms with E-state index in [9.17, 15) is 19.1 Å². The molecule has 0 spiro atoms. The van der Waals surface area contributed by atoms with Crippen LogP contribution in [-0.2, 0) is 22.4 Å². The highest BCUT2D eigenvalue weighted by atomic mass is 19.1. The average Bonchev–Trinajstić information content (AvgIpc) is 3.21. The van der Waals surface area contributed by atoms with Crippen molar-refractivity contribution in [3.05, 3.63) is 95.7 Å². The molecule has 0 aliphatic rings. The molecule has 0 unspecified atom stereocenters. The van der Waals surface area contributed by atoms with Gasteiger partial charge >= 0.3 is 5.97 Å². The number of fused-ring (bicyclic) bond motifs is 1. The largest absolute Gasteiger partial charge is 0.480 e. The molecule has 0 saturated carbocycles. The number of hydrogen-bond acceptors (Lipinski definition) is 4. The number of carbonyl (C=O) groups excluding carboxylic acids is 1. The first kappa shape index (κ1) is 23.1. The Kier molecular flexibility index (Phi) is 6.96. The molecule has 4 aromatic rings. The molecule has 2 aromatic carbocycles. The molecule has 7 nitrogen and oxygen atoms in total. The molecule has 2 atom stereocenters. The predicted molar refractivity (Wildman–Crippen MR) is 126 cm³/mol. The number of aliphatic carboxylic acids is 1. The summed E-state index contributed by atoms with van der Waals surface area (Å²) in [5.41, 5.74) is 3.07. The lowest BCUT2D eigenvalue weighted by Gasteiger charge is -2.18. The molecule has 2 heterocycles. The van der Waals surface area contributed by atoms with Crippen molar-refractivity contribution in [3.8, 4) is 0 Å². The van der Waals surface area contributed by atoms with E-state index in [0.717, 1.165) is 11.1 Å². The van der Waals surface area contributed by atoms with Gasteiger partial charge in [-0.05, 0) is 42.3 Å². The lowest BCUT2D eigenvalue weighted by molar-refractivity contribution is -0.141. The van der Waals surface area contributed by atoms with Crippen LogP contribution < -0.4 is 5.32 Å². The quantitative estimate of drug-likeness (QED) is 0.395. The van der Waals surface area contributed by atoms with Gasteiger partial charge in [0.05, 0.1) is 6.04 Å². The van der Waals surface area contributed by atoms with Crippen LogP contribution in [0.25, 0.3) is 11.2 Å². The maximum atomic E-state index is 13.4. The van der Waals surface area contributed by atoms with Crippen LogP contribution in [0, 0.1) is 5.82 Å². The van der Waals surface area contributed by atoms with E-state index in [4.69, 9.17) is 0 Å². The monoisotopic (exact) mass is 460 g/mol. The molecule has 0 saturated heterocycles. The number of aromatic nitrogens is 3. The van der Waals surface area contributed by atoms with Crippen LogP contribution in [-0.4, -0.2) is 37.6 Å². The molecule has 2 N–H and O–H groups in total. The van der Waals surface area contributed by atoms with Crippen LogP contribution >= 0.6 is 0 Å². The summed E-state index contributed by atoms with van der Waals surface area (Å²) in [5, 5.41) is 12.2. The lowest BCUT2D eigenvalue weighted by Crippen LogP contribution is -2.42. The van der Waals surface area contributed by atoms with E-state index in [1.165, 1.54) is 12.1 Å². The number of imidazole rings is 1. The summed E-state index contributed by atoms with van der Waals surface area (Å²) in [6.07, 6.45) is 2.24. The van der Waals surface area contributed by atoms with E-state index in [1.54, 1.807) is 24.4 Å². The van der Waals surface area contributed by atoms with Gasteiger partial charge in [-0.3, -0.25) is 4.79 Å². The zero-order chi connectivity index (χ0) is 24.1. The van der Waals surface area contributed by atoms with Crippen LogP contribution in [0.2, 0.25) is 0 Å². The van der Waals surface area contributed by atoms with Crippen LogP contribution in [0.1, 0.15) is 36.3 Å². The van der Waals surface area contributed by atoms with E-state index >= 15 is 0 Å². The molecular formula is C26H25FN4O3. The number of benzene rings is 2. The number of amides is 1. The summed E-state index contributed by atoms with van der Waals surface area (Å²) < 4.78 is 15.4. The van der Waals surface area contributed by atoms with Gasteiger partial charge < -0.3 is 15.0 Å². The van der Waals surface area contributed by atoms with E-state index in [-0.39, 0.29) is 30.6 Å². The molecular weight excluding hydrogens is 435 g/mol. The summed E-state index contributed by atoms with van der Waals surface area (Å²) in [7, 11) is 0. The summed E-state index contributed by atoms with van der Waals surface area (Å²) in [4.78, 5) is 33.5. The zero-order valence-corrected chi connectivity index (χ0v) is 18.7. The minimum Gasteiger partial charge on any atom is -0.480 e. The van der Waals surface area contributed by atoms with Crippen molar-refractivity contribution in [2.75, 3.05) is 0 Å². The van der Waals surface area contributed by atoms with E-state index < -0.39 is 12.0 Å². The molecule has 4 rings (SSSR count). The van der Waals surface area contributed by atoms with Gasteiger partial charge in [-0.2, -0.15) is 0 Å². The van der Waals surface area contributed by atoms with Gasteiger partial charge in [0, 0.05) is 25.5 Å². The first-order chi connectivity index (χ1) is 16.4. The van der Waals surface area contributed by atoms with Crippen LogP contribution in [0.15, 0.2) is 72.9 Å². The second-order valence-electron chi connectivity index (χ2n) is 8.12. The van der Waals surface area contributed by atoms with Crippen molar-refractivity contribution in [1.82, 2.24) is 19.9 Å².